The summed E-state index contributed by atoms with van der Waals surface area (Å²) in [7, 11) is 0. The average molecular weight is 318 g/mol. The molecule has 94 valence electrons. The Kier molecular flexibility index (Phi) is 5.17. The number of alkyl halides is 1. The number of halogens is 2. The van der Waals surface area contributed by atoms with Gasteiger partial charge in [-0.1, -0.05) is 58.9 Å². The zero-order valence-electron chi connectivity index (χ0n) is 9.92. The molecule has 2 rings (SSSR count). The van der Waals surface area contributed by atoms with Crippen LogP contribution in [0.5, 0.6) is 5.75 Å². The molecule has 0 saturated heterocycles. The van der Waals surface area contributed by atoms with Gasteiger partial charge in [-0.2, -0.15) is 0 Å². The predicted molar refractivity (Wildman–Crippen MR) is 76.2 cm³/mol. The van der Waals surface area contributed by atoms with Gasteiger partial charge in [-0.05, 0) is 24.8 Å². The van der Waals surface area contributed by atoms with Crippen LogP contribution in [0.15, 0.2) is 18.2 Å². The van der Waals surface area contributed by atoms with Crippen molar-refractivity contribution < 1.29 is 4.74 Å². The summed E-state index contributed by atoms with van der Waals surface area (Å²) in [5.74, 6) is 1.57. The van der Waals surface area contributed by atoms with E-state index in [0.717, 1.165) is 28.3 Å². The fourth-order valence-corrected chi connectivity index (χ4v) is 3.07. The molecule has 0 aromatic heterocycles. The van der Waals surface area contributed by atoms with Crippen molar-refractivity contribution in [1.29, 1.82) is 0 Å². The molecule has 1 aromatic rings. The zero-order chi connectivity index (χ0) is 12.1. The molecule has 1 saturated carbocycles. The molecule has 1 aromatic carbocycles. The van der Waals surface area contributed by atoms with E-state index < -0.39 is 0 Å². The van der Waals surface area contributed by atoms with Crippen LogP contribution in [0, 0.1) is 5.92 Å². The Labute approximate surface area is 117 Å². The van der Waals surface area contributed by atoms with Crippen LogP contribution >= 0.6 is 27.5 Å². The topological polar surface area (TPSA) is 9.23 Å². The lowest BCUT2D eigenvalue weighted by molar-refractivity contribution is 0.208. The molecular weight excluding hydrogens is 300 g/mol. The molecule has 0 spiro atoms. The van der Waals surface area contributed by atoms with Gasteiger partial charge < -0.3 is 4.74 Å². The maximum absolute atomic E-state index is 6.18. The molecule has 0 unspecified atom stereocenters. The molecule has 0 amide bonds. The minimum absolute atomic E-state index is 0.711. The number of hydrogen-bond donors (Lipinski definition) is 0. The van der Waals surface area contributed by atoms with Gasteiger partial charge in [0.15, 0.2) is 0 Å². The average Bonchev–Trinajstić information content (AvgIpc) is 2.38. The van der Waals surface area contributed by atoms with Crippen LogP contribution < -0.4 is 4.74 Å². The highest BCUT2D eigenvalue weighted by Crippen LogP contribution is 2.32. The number of para-hydroxylation sites is 1. The van der Waals surface area contributed by atoms with Crippen LogP contribution in [-0.4, -0.2) is 6.61 Å². The lowest BCUT2D eigenvalue weighted by atomic mass is 9.90. The minimum Gasteiger partial charge on any atom is -0.491 e. The molecule has 1 aliphatic carbocycles. The van der Waals surface area contributed by atoms with Gasteiger partial charge in [0.05, 0.1) is 11.6 Å². The van der Waals surface area contributed by atoms with Gasteiger partial charge in [-0.25, -0.2) is 0 Å². The summed E-state index contributed by atoms with van der Waals surface area (Å²) in [6.45, 7) is 0.809. The van der Waals surface area contributed by atoms with Crippen LogP contribution in [-0.2, 0) is 5.33 Å². The summed E-state index contributed by atoms with van der Waals surface area (Å²) in [5.41, 5.74) is 1.13. The second kappa shape index (κ2) is 6.65. The van der Waals surface area contributed by atoms with E-state index >= 15 is 0 Å². The van der Waals surface area contributed by atoms with Gasteiger partial charge >= 0.3 is 0 Å². The van der Waals surface area contributed by atoms with E-state index in [0.29, 0.717) is 5.92 Å². The Balaban J connectivity index is 1.97. The summed E-state index contributed by atoms with van der Waals surface area (Å²) >= 11 is 9.65. The van der Waals surface area contributed by atoms with Crippen LogP contribution in [0.1, 0.15) is 37.7 Å². The van der Waals surface area contributed by atoms with Crippen molar-refractivity contribution in [2.24, 2.45) is 5.92 Å². The molecule has 0 atom stereocenters. The van der Waals surface area contributed by atoms with E-state index in [1.54, 1.807) is 0 Å². The predicted octanol–water partition coefficient (Wildman–Crippen LogP) is 5.19. The summed E-state index contributed by atoms with van der Waals surface area (Å²) in [5, 5.41) is 1.51. The van der Waals surface area contributed by atoms with Gasteiger partial charge in [0.2, 0.25) is 0 Å². The zero-order valence-corrected chi connectivity index (χ0v) is 12.3. The van der Waals surface area contributed by atoms with E-state index in [9.17, 15) is 0 Å². The number of benzene rings is 1. The highest BCUT2D eigenvalue weighted by molar-refractivity contribution is 9.08. The van der Waals surface area contributed by atoms with Crippen molar-refractivity contribution in [3.8, 4) is 5.75 Å². The normalized spacial score (nSPS) is 17.1. The Morgan fingerprint density at radius 2 is 2.00 bits per heavy atom. The van der Waals surface area contributed by atoms with Gasteiger partial charge in [0, 0.05) is 10.9 Å². The third-order valence-corrected chi connectivity index (χ3v) is 4.28. The van der Waals surface area contributed by atoms with Gasteiger partial charge in [-0.3, -0.25) is 0 Å². The first-order valence-corrected chi connectivity index (χ1v) is 7.77. The maximum atomic E-state index is 6.18. The van der Waals surface area contributed by atoms with Crippen molar-refractivity contribution in [1.82, 2.24) is 0 Å². The Morgan fingerprint density at radius 1 is 1.24 bits per heavy atom. The van der Waals surface area contributed by atoms with Gasteiger partial charge in [-0.15, -0.1) is 0 Å². The van der Waals surface area contributed by atoms with E-state index in [4.69, 9.17) is 16.3 Å². The van der Waals surface area contributed by atoms with E-state index in [2.05, 4.69) is 22.0 Å². The number of rotatable bonds is 4. The molecule has 1 fully saturated rings. The monoisotopic (exact) mass is 316 g/mol. The van der Waals surface area contributed by atoms with Crippen molar-refractivity contribution in [2.45, 2.75) is 37.4 Å². The Morgan fingerprint density at radius 3 is 2.71 bits per heavy atom. The van der Waals surface area contributed by atoms with E-state index in [1.807, 2.05) is 12.1 Å². The van der Waals surface area contributed by atoms with E-state index in [-0.39, 0.29) is 0 Å². The SMILES string of the molecule is Clc1cccc(CBr)c1OCC1CCCCC1. The third-order valence-electron chi connectivity index (χ3n) is 3.38. The fraction of sp³-hybridized carbons (Fsp3) is 0.571. The first-order valence-electron chi connectivity index (χ1n) is 6.27. The van der Waals surface area contributed by atoms with Crippen molar-refractivity contribution >= 4 is 27.5 Å². The highest BCUT2D eigenvalue weighted by Gasteiger charge is 2.15. The second-order valence-corrected chi connectivity index (χ2v) is 5.64. The van der Waals surface area contributed by atoms with Crippen LogP contribution in [0.4, 0.5) is 0 Å². The molecule has 1 aliphatic rings. The molecular formula is C14H18BrClO. The quantitative estimate of drug-likeness (QED) is 0.694. The minimum atomic E-state index is 0.711. The molecule has 3 heteroatoms. The van der Waals surface area contributed by atoms with Crippen LogP contribution in [0.3, 0.4) is 0 Å². The van der Waals surface area contributed by atoms with Crippen molar-refractivity contribution in [3.63, 3.8) is 0 Å². The molecule has 0 heterocycles. The molecule has 0 N–H and O–H groups in total. The molecule has 1 nitrogen and oxygen atoms in total. The smallest absolute Gasteiger partial charge is 0.141 e. The van der Waals surface area contributed by atoms with Gasteiger partial charge in [0.1, 0.15) is 5.75 Å². The molecule has 17 heavy (non-hydrogen) atoms. The molecule has 0 aliphatic heterocycles. The summed E-state index contributed by atoms with van der Waals surface area (Å²) in [6, 6.07) is 5.91. The Bertz CT molecular complexity index is 361. The van der Waals surface area contributed by atoms with Crippen molar-refractivity contribution in [2.75, 3.05) is 6.61 Å². The first-order chi connectivity index (χ1) is 8.31. The summed E-state index contributed by atoms with van der Waals surface area (Å²) < 4.78 is 5.94. The van der Waals surface area contributed by atoms with Crippen LogP contribution in [0.25, 0.3) is 0 Å². The van der Waals surface area contributed by atoms with Crippen LogP contribution in [0.2, 0.25) is 5.02 Å². The highest BCUT2D eigenvalue weighted by atomic mass is 79.9. The lowest BCUT2D eigenvalue weighted by Crippen LogP contribution is -2.15. The second-order valence-electron chi connectivity index (χ2n) is 4.68. The summed E-state index contributed by atoms with van der Waals surface area (Å²) in [6.07, 6.45) is 6.68. The molecule has 0 bridgehead atoms. The standard InChI is InChI=1S/C14H18BrClO/c15-9-12-7-4-8-13(16)14(12)17-10-11-5-2-1-3-6-11/h4,7-8,11H,1-3,5-6,9-10H2. The Hall–Kier alpha value is -0.210. The first kappa shape index (κ1) is 13.2. The molecule has 0 radical (unpaired) electrons. The third kappa shape index (κ3) is 3.62. The van der Waals surface area contributed by atoms with Gasteiger partial charge in [0.25, 0.3) is 0 Å². The summed E-state index contributed by atoms with van der Waals surface area (Å²) in [4.78, 5) is 0. The largest absolute Gasteiger partial charge is 0.491 e. The van der Waals surface area contributed by atoms with E-state index in [1.165, 1.54) is 32.1 Å². The number of hydrogen-bond acceptors (Lipinski definition) is 1. The maximum Gasteiger partial charge on any atom is 0.141 e. The fourth-order valence-electron chi connectivity index (χ4n) is 2.38. The van der Waals surface area contributed by atoms with Crippen molar-refractivity contribution in [3.05, 3.63) is 28.8 Å². The lowest BCUT2D eigenvalue weighted by Gasteiger charge is -2.22. The number of ether oxygens (including phenoxy) is 1.